The van der Waals surface area contributed by atoms with E-state index in [1.165, 1.54) is 31.5 Å². The number of nitrogens with zero attached hydrogens (tertiary/aromatic N) is 2. The Bertz CT molecular complexity index is 408. The molecule has 1 aromatic heterocycles. The molecule has 0 aromatic carbocycles. The summed E-state index contributed by atoms with van der Waals surface area (Å²) in [6, 6.07) is 4.22. The largest absolute Gasteiger partial charge is 0.377 e. The molecule has 0 unspecified atom stereocenters. The molecule has 3 rings (SSSR count). The SMILES string of the molecule is Cc1ccc(CNCC2(N3CCCC3)COC2)cn1. The van der Waals surface area contributed by atoms with Gasteiger partial charge in [-0.05, 0) is 44.5 Å². The lowest BCUT2D eigenvalue weighted by molar-refractivity contribution is -0.131. The topological polar surface area (TPSA) is 37.4 Å². The molecule has 2 aliphatic heterocycles. The van der Waals surface area contributed by atoms with Crippen LogP contribution in [0.2, 0.25) is 0 Å². The van der Waals surface area contributed by atoms with E-state index in [1.807, 2.05) is 13.1 Å². The summed E-state index contributed by atoms with van der Waals surface area (Å²) in [7, 11) is 0. The minimum absolute atomic E-state index is 0.259. The first-order valence-electron chi connectivity index (χ1n) is 7.24. The highest BCUT2D eigenvalue weighted by molar-refractivity contribution is 5.13. The zero-order valence-corrected chi connectivity index (χ0v) is 11.7. The monoisotopic (exact) mass is 261 g/mol. The molecule has 2 saturated heterocycles. The summed E-state index contributed by atoms with van der Waals surface area (Å²) in [5.41, 5.74) is 2.58. The van der Waals surface area contributed by atoms with Gasteiger partial charge in [-0.25, -0.2) is 0 Å². The van der Waals surface area contributed by atoms with Gasteiger partial charge in [0.2, 0.25) is 0 Å². The fraction of sp³-hybridized carbons (Fsp3) is 0.667. The maximum Gasteiger partial charge on any atom is 0.0804 e. The maximum atomic E-state index is 5.48. The number of ether oxygens (including phenoxy) is 1. The average Bonchev–Trinajstić information content (AvgIpc) is 2.89. The van der Waals surface area contributed by atoms with E-state index < -0.39 is 0 Å². The third kappa shape index (κ3) is 2.81. The predicted octanol–water partition coefficient (Wildman–Crippen LogP) is 1.34. The van der Waals surface area contributed by atoms with Crippen molar-refractivity contribution in [3.63, 3.8) is 0 Å². The molecule has 1 N–H and O–H groups in total. The molecule has 3 heterocycles. The third-order valence-electron chi connectivity index (χ3n) is 4.27. The molecular weight excluding hydrogens is 238 g/mol. The van der Waals surface area contributed by atoms with E-state index in [-0.39, 0.29) is 5.54 Å². The van der Waals surface area contributed by atoms with Gasteiger partial charge in [0.05, 0.1) is 18.8 Å². The highest BCUT2D eigenvalue weighted by atomic mass is 16.5. The number of hydrogen-bond acceptors (Lipinski definition) is 4. The molecule has 0 radical (unpaired) electrons. The molecule has 0 aliphatic carbocycles. The van der Waals surface area contributed by atoms with Gasteiger partial charge in [0.25, 0.3) is 0 Å². The van der Waals surface area contributed by atoms with E-state index in [9.17, 15) is 0 Å². The minimum atomic E-state index is 0.259. The molecule has 0 atom stereocenters. The number of aromatic nitrogens is 1. The molecule has 4 heteroatoms. The van der Waals surface area contributed by atoms with Crippen LogP contribution >= 0.6 is 0 Å². The fourth-order valence-electron chi connectivity index (χ4n) is 2.97. The first-order valence-corrected chi connectivity index (χ1v) is 7.24. The fourth-order valence-corrected chi connectivity index (χ4v) is 2.97. The van der Waals surface area contributed by atoms with Gasteiger partial charge in [0.1, 0.15) is 0 Å². The highest BCUT2D eigenvalue weighted by Gasteiger charge is 2.44. The van der Waals surface area contributed by atoms with Gasteiger partial charge in [0.15, 0.2) is 0 Å². The van der Waals surface area contributed by atoms with Crippen molar-refractivity contribution in [2.75, 3.05) is 32.8 Å². The highest BCUT2D eigenvalue weighted by Crippen LogP contribution is 2.28. The molecule has 0 amide bonds. The van der Waals surface area contributed by atoms with Crippen molar-refractivity contribution >= 4 is 0 Å². The second-order valence-corrected chi connectivity index (χ2v) is 5.82. The van der Waals surface area contributed by atoms with Crippen molar-refractivity contribution in [1.82, 2.24) is 15.2 Å². The van der Waals surface area contributed by atoms with E-state index in [4.69, 9.17) is 4.74 Å². The quantitative estimate of drug-likeness (QED) is 0.868. The summed E-state index contributed by atoms with van der Waals surface area (Å²) in [5, 5.41) is 3.58. The van der Waals surface area contributed by atoms with Gasteiger partial charge < -0.3 is 10.1 Å². The molecular formula is C15H23N3O. The van der Waals surface area contributed by atoms with Crippen LogP contribution in [0, 0.1) is 6.92 Å². The van der Waals surface area contributed by atoms with Crippen molar-refractivity contribution < 1.29 is 4.74 Å². The lowest BCUT2D eigenvalue weighted by Crippen LogP contribution is -2.66. The lowest BCUT2D eigenvalue weighted by atomic mass is 9.95. The molecule has 2 aliphatic rings. The molecule has 0 saturated carbocycles. The van der Waals surface area contributed by atoms with Crippen LogP contribution < -0.4 is 5.32 Å². The summed E-state index contributed by atoms with van der Waals surface area (Å²) in [5.74, 6) is 0. The Morgan fingerprint density at radius 1 is 1.32 bits per heavy atom. The zero-order chi connectivity index (χ0) is 13.1. The van der Waals surface area contributed by atoms with Crippen molar-refractivity contribution in [1.29, 1.82) is 0 Å². The van der Waals surface area contributed by atoms with E-state index >= 15 is 0 Å². The van der Waals surface area contributed by atoms with Crippen LogP contribution in [0.4, 0.5) is 0 Å². The maximum absolute atomic E-state index is 5.48. The smallest absolute Gasteiger partial charge is 0.0804 e. The van der Waals surface area contributed by atoms with Crippen LogP contribution in [0.25, 0.3) is 0 Å². The first-order chi connectivity index (χ1) is 9.28. The molecule has 0 bridgehead atoms. The Kier molecular flexibility index (Phi) is 3.82. The van der Waals surface area contributed by atoms with Crippen molar-refractivity contribution in [2.45, 2.75) is 31.8 Å². The molecule has 104 valence electrons. The van der Waals surface area contributed by atoms with E-state index in [2.05, 4.69) is 27.3 Å². The van der Waals surface area contributed by atoms with Crippen LogP contribution in [0.3, 0.4) is 0 Å². The lowest BCUT2D eigenvalue weighted by Gasteiger charge is -2.48. The molecule has 19 heavy (non-hydrogen) atoms. The van der Waals surface area contributed by atoms with Gasteiger partial charge in [0, 0.05) is 25.0 Å². The Hall–Kier alpha value is -0.970. The second-order valence-electron chi connectivity index (χ2n) is 5.82. The van der Waals surface area contributed by atoms with E-state index in [0.717, 1.165) is 32.0 Å². The zero-order valence-electron chi connectivity index (χ0n) is 11.7. The van der Waals surface area contributed by atoms with Crippen LogP contribution in [0.1, 0.15) is 24.1 Å². The standard InChI is InChI=1S/C15H23N3O/c1-13-4-5-14(9-17-13)8-16-10-15(11-19-12-15)18-6-2-3-7-18/h4-5,9,16H,2-3,6-8,10-12H2,1H3. The molecule has 0 spiro atoms. The number of pyridine rings is 1. The molecule has 1 aromatic rings. The van der Waals surface area contributed by atoms with E-state index in [0.29, 0.717) is 0 Å². The summed E-state index contributed by atoms with van der Waals surface area (Å²) in [6.07, 6.45) is 4.63. The summed E-state index contributed by atoms with van der Waals surface area (Å²) in [6.45, 7) is 8.15. The number of hydrogen-bond donors (Lipinski definition) is 1. The number of nitrogens with one attached hydrogen (secondary N) is 1. The van der Waals surface area contributed by atoms with Crippen molar-refractivity contribution in [2.24, 2.45) is 0 Å². The summed E-state index contributed by atoms with van der Waals surface area (Å²) >= 11 is 0. The minimum Gasteiger partial charge on any atom is -0.377 e. The van der Waals surface area contributed by atoms with E-state index in [1.54, 1.807) is 0 Å². The Morgan fingerprint density at radius 2 is 2.11 bits per heavy atom. The Labute approximate surface area is 115 Å². The van der Waals surface area contributed by atoms with Crippen LogP contribution in [-0.2, 0) is 11.3 Å². The van der Waals surface area contributed by atoms with Crippen molar-refractivity contribution in [3.05, 3.63) is 29.6 Å². The average molecular weight is 261 g/mol. The van der Waals surface area contributed by atoms with Gasteiger partial charge in [-0.1, -0.05) is 6.07 Å². The summed E-state index contributed by atoms with van der Waals surface area (Å²) in [4.78, 5) is 6.94. The van der Waals surface area contributed by atoms with Crippen molar-refractivity contribution in [3.8, 4) is 0 Å². The predicted molar refractivity (Wildman–Crippen MR) is 75.0 cm³/mol. The normalized spacial score (nSPS) is 22.4. The second kappa shape index (κ2) is 5.57. The Balaban J connectivity index is 1.51. The molecule has 2 fully saturated rings. The van der Waals surface area contributed by atoms with Crippen LogP contribution in [0.5, 0.6) is 0 Å². The summed E-state index contributed by atoms with van der Waals surface area (Å²) < 4.78 is 5.48. The Morgan fingerprint density at radius 3 is 2.68 bits per heavy atom. The van der Waals surface area contributed by atoms with Gasteiger partial charge >= 0.3 is 0 Å². The van der Waals surface area contributed by atoms with Crippen LogP contribution in [-0.4, -0.2) is 48.3 Å². The first kappa shape index (κ1) is 13.0. The number of aryl methyl sites for hydroxylation is 1. The van der Waals surface area contributed by atoms with Crippen LogP contribution in [0.15, 0.2) is 18.3 Å². The van der Waals surface area contributed by atoms with Gasteiger partial charge in [-0.2, -0.15) is 0 Å². The molecule has 4 nitrogen and oxygen atoms in total. The van der Waals surface area contributed by atoms with Gasteiger partial charge in [-0.3, -0.25) is 9.88 Å². The third-order valence-corrected chi connectivity index (χ3v) is 4.27. The van der Waals surface area contributed by atoms with Gasteiger partial charge in [-0.15, -0.1) is 0 Å². The number of likely N-dealkylation sites (tertiary alicyclic amines) is 1. The number of rotatable bonds is 5.